The van der Waals surface area contributed by atoms with Gasteiger partial charge in [0.05, 0.1) is 26.2 Å². The topological polar surface area (TPSA) is 68.8 Å². The zero-order valence-corrected chi connectivity index (χ0v) is 14.1. The number of nitrogens with one attached hydrogen (secondary N) is 2. The van der Waals surface area contributed by atoms with Crippen LogP contribution < -0.4 is 20.1 Å². The van der Waals surface area contributed by atoms with Gasteiger partial charge in [0.1, 0.15) is 0 Å². The molecule has 2 N–H and O–H groups in total. The molecular weight excluding hydrogens is 296 g/mol. The van der Waals surface area contributed by atoms with Crippen molar-refractivity contribution in [3.63, 3.8) is 0 Å². The summed E-state index contributed by atoms with van der Waals surface area (Å²) in [7, 11) is 4.85. The van der Waals surface area contributed by atoms with E-state index >= 15 is 0 Å². The SMILES string of the molecule is COCC1(C(=O)NCc2ccc(OC)c(OC)c2)CCNCC1. The predicted molar refractivity (Wildman–Crippen MR) is 87.8 cm³/mol. The first-order chi connectivity index (χ1) is 11.1. The fourth-order valence-corrected chi connectivity index (χ4v) is 2.98. The lowest BCUT2D eigenvalue weighted by molar-refractivity contribution is -0.136. The molecule has 0 saturated carbocycles. The van der Waals surface area contributed by atoms with E-state index in [4.69, 9.17) is 14.2 Å². The third-order valence-electron chi connectivity index (χ3n) is 4.36. The van der Waals surface area contributed by atoms with Gasteiger partial charge in [0.25, 0.3) is 0 Å². The molecule has 0 unspecified atom stereocenters. The van der Waals surface area contributed by atoms with Crippen molar-refractivity contribution in [2.24, 2.45) is 5.41 Å². The van der Waals surface area contributed by atoms with Gasteiger partial charge in [-0.3, -0.25) is 4.79 Å². The maximum Gasteiger partial charge on any atom is 0.228 e. The van der Waals surface area contributed by atoms with Crippen LogP contribution >= 0.6 is 0 Å². The Labute approximate surface area is 137 Å². The molecular formula is C17H26N2O4. The summed E-state index contributed by atoms with van der Waals surface area (Å²) in [5.41, 5.74) is 0.536. The quantitative estimate of drug-likeness (QED) is 0.793. The second-order valence-electron chi connectivity index (χ2n) is 5.84. The number of hydrogen-bond donors (Lipinski definition) is 2. The summed E-state index contributed by atoms with van der Waals surface area (Å²) >= 11 is 0. The highest BCUT2D eigenvalue weighted by Gasteiger charge is 2.39. The maximum absolute atomic E-state index is 12.7. The lowest BCUT2D eigenvalue weighted by atomic mass is 9.78. The molecule has 0 atom stereocenters. The zero-order valence-electron chi connectivity index (χ0n) is 14.1. The third-order valence-corrected chi connectivity index (χ3v) is 4.36. The second-order valence-corrected chi connectivity index (χ2v) is 5.84. The Kier molecular flexibility index (Phi) is 6.24. The number of carbonyl (C=O) groups is 1. The molecule has 1 aliphatic rings. The van der Waals surface area contributed by atoms with Crippen LogP contribution in [0.25, 0.3) is 0 Å². The van der Waals surface area contributed by atoms with Crippen LogP contribution in [0.2, 0.25) is 0 Å². The van der Waals surface area contributed by atoms with Crippen molar-refractivity contribution in [3.05, 3.63) is 23.8 Å². The highest BCUT2D eigenvalue weighted by atomic mass is 16.5. The second kappa shape index (κ2) is 8.17. The fraction of sp³-hybridized carbons (Fsp3) is 0.588. The van der Waals surface area contributed by atoms with Crippen LogP contribution in [0.3, 0.4) is 0 Å². The highest BCUT2D eigenvalue weighted by molar-refractivity contribution is 5.83. The molecule has 0 aliphatic carbocycles. The van der Waals surface area contributed by atoms with Gasteiger partial charge < -0.3 is 24.8 Å². The number of amides is 1. The first-order valence-electron chi connectivity index (χ1n) is 7.84. The van der Waals surface area contributed by atoms with Gasteiger partial charge in [-0.2, -0.15) is 0 Å². The first kappa shape index (κ1) is 17.6. The van der Waals surface area contributed by atoms with E-state index in [2.05, 4.69) is 10.6 Å². The number of ether oxygens (including phenoxy) is 3. The van der Waals surface area contributed by atoms with Gasteiger partial charge in [-0.25, -0.2) is 0 Å². The first-order valence-corrected chi connectivity index (χ1v) is 7.84. The van der Waals surface area contributed by atoms with E-state index in [1.54, 1.807) is 21.3 Å². The molecule has 0 radical (unpaired) electrons. The van der Waals surface area contributed by atoms with Crippen LogP contribution in [0.5, 0.6) is 11.5 Å². The van der Waals surface area contributed by atoms with E-state index in [0.29, 0.717) is 24.7 Å². The maximum atomic E-state index is 12.7. The van der Waals surface area contributed by atoms with Crippen LogP contribution in [0.4, 0.5) is 0 Å². The van der Waals surface area contributed by atoms with Gasteiger partial charge in [0, 0.05) is 13.7 Å². The molecule has 1 fully saturated rings. The summed E-state index contributed by atoms with van der Waals surface area (Å²) in [6.07, 6.45) is 1.58. The molecule has 0 aromatic heterocycles. The molecule has 6 heteroatoms. The zero-order chi connectivity index (χ0) is 16.7. The van der Waals surface area contributed by atoms with Crippen molar-refractivity contribution >= 4 is 5.91 Å². The van der Waals surface area contributed by atoms with Crippen LogP contribution in [0.1, 0.15) is 18.4 Å². The van der Waals surface area contributed by atoms with Gasteiger partial charge in [0.2, 0.25) is 5.91 Å². The molecule has 1 aliphatic heterocycles. The minimum atomic E-state index is -0.434. The largest absolute Gasteiger partial charge is 0.493 e. The minimum absolute atomic E-state index is 0.0515. The number of methoxy groups -OCH3 is 3. The van der Waals surface area contributed by atoms with E-state index in [1.807, 2.05) is 18.2 Å². The van der Waals surface area contributed by atoms with E-state index in [-0.39, 0.29) is 5.91 Å². The summed E-state index contributed by atoms with van der Waals surface area (Å²) < 4.78 is 15.8. The molecule has 6 nitrogen and oxygen atoms in total. The van der Waals surface area contributed by atoms with Crippen LogP contribution in [-0.4, -0.2) is 46.9 Å². The van der Waals surface area contributed by atoms with Crippen LogP contribution in [-0.2, 0) is 16.1 Å². The molecule has 0 bridgehead atoms. The van der Waals surface area contributed by atoms with Gasteiger partial charge in [-0.1, -0.05) is 6.07 Å². The number of benzene rings is 1. The van der Waals surface area contributed by atoms with Gasteiger partial charge in [-0.15, -0.1) is 0 Å². The molecule has 0 spiro atoms. The lowest BCUT2D eigenvalue weighted by Crippen LogP contribution is -2.49. The van der Waals surface area contributed by atoms with Gasteiger partial charge in [0.15, 0.2) is 11.5 Å². The molecule has 1 aromatic carbocycles. The van der Waals surface area contributed by atoms with Crippen LogP contribution in [0, 0.1) is 5.41 Å². The molecule has 1 aromatic rings. The van der Waals surface area contributed by atoms with E-state index in [9.17, 15) is 4.79 Å². The Morgan fingerprint density at radius 1 is 1.17 bits per heavy atom. The molecule has 1 heterocycles. The van der Waals surface area contributed by atoms with Crippen LogP contribution in [0.15, 0.2) is 18.2 Å². The molecule has 2 rings (SSSR count). The van der Waals surface area contributed by atoms with E-state index in [1.165, 1.54) is 0 Å². The highest BCUT2D eigenvalue weighted by Crippen LogP contribution is 2.30. The number of rotatable bonds is 7. The smallest absolute Gasteiger partial charge is 0.228 e. The average molecular weight is 322 g/mol. The van der Waals surface area contributed by atoms with Crippen molar-refractivity contribution in [1.82, 2.24) is 10.6 Å². The van der Waals surface area contributed by atoms with Crippen molar-refractivity contribution in [3.8, 4) is 11.5 Å². The minimum Gasteiger partial charge on any atom is -0.493 e. The molecule has 1 amide bonds. The summed E-state index contributed by atoms with van der Waals surface area (Å²) in [5.74, 6) is 1.39. The van der Waals surface area contributed by atoms with Crippen molar-refractivity contribution in [1.29, 1.82) is 0 Å². The summed E-state index contributed by atoms with van der Waals surface area (Å²) in [6, 6.07) is 5.65. The van der Waals surface area contributed by atoms with Crippen molar-refractivity contribution in [2.75, 3.05) is 41.0 Å². The van der Waals surface area contributed by atoms with E-state index in [0.717, 1.165) is 31.5 Å². The average Bonchev–Trinajstić information content (AvgIpc) is 2.60. The molecule has 23 heavy (non-hydrogen) atoms. The van der Waals surface area contributed by atoms with Crippen molar-refractivity contribution < 1.29 is 19.0 Å². The Morgan fingerprint density at radius 2 is 1.87 bits per heavy atom. The fourth-order valence-electron chi connectivity index (χ4n) is 2.98. The monoisotopic (exact) mass is 322 g/mol. The van der Waals surface area contributed by atoms with Gasteiger partial charge >= 0.3 is 0 Å². The standard InChI is InChI=1S/C17H26N2O4/c1-21-12-17(6-8-18-9-7-17)16(20)19-11-13-4-5-14(22-2)15(10-13)23-3/h4-5,10,18H,6-9,11-12H2,1-3H3,(H,19,20). The Hall–Kier alpha value is -1.79. The third kappa shape index (κ3) is 4.14. The Bertz CT molecular complexity index is 522. The Morgan fingerprint density at radius 3 is 2.48 bits per heavy atom. The lowest BCUT2D eigenvalue weighted by Gasteiger charge is -2.35. The predicted octanol–water partition coefficient (Wildman–Crippen LogP) is 1.34. The summed E-state index contributed by atoms with van der Waals surface area (Å²) in [5, 5.41) is 6.33. The normalized spacial score (nSPS) is 16.7. The number of piperidine rings is 1. The van der Waals surface area contributed by atoms with E-state index < -0.39 is 5.41 Å². The van der Waals surface area contributed by atoms with Gasteiger partial charge in [-0.05, 0) is 43.6 Å². The summed E-state index contributed by atoms with van der Waals surface area (Å²) in [4.78, 5) is 12.7. The number of carbonyl (C=O) groups excluding carboxylic acids is 1. The number of hydrogen-bond acceptors (Lipinski definition) is 5. The molecule has 128 valence electrons. The van der Waals surface area contributed by atoms with Crippen molar-refractivity contribution in [2.45, 2.75) is 19.4 Å². The summed E-state index contributed by atoms with van der Waals surface area (Å²) in [6.45, 7) is 2.59. The molecule has 1 saturated heterocycles. The Balaban J connectivity index is 2.02.